The highest BCUT2D eigenvalue weighted by atomic mass is 32.1. The van der Waals surface area contributed by atoms with E-state index in [2.05, 4.69) is 126 Å². The SMILES string of the molecule is [2H]c1c([2H])c([2H])c(-c2nc(-c3ccc(-c4cccc5ccccc45)cc3)nc(-c3cc(-n4c5ccccc5c5ccccc54)cc4c3sc3ccc(-c5ccccc5)cc34)n2)c([2H])c1[2H]. The van der Waals surface area contributed by atoms with Gasteiger partial charge in [-0.1, -0.05) is 170 Å². The fraction of sp³-hybridized carbons (Fsp3) is 0. The zero-order valence-corrected chi connectivity index (χ0v) is 32.8. The van der Waals surface area contributed by atoms with Crippen molar-refractivity contribution in [3.05, 3.63) is 206 Å². The van der Waals surface area contributed by atoms with Crippen molar-refractivity contribution in [2.45, 2.75) is 0 Å². The van der Waals surface area contributed by atoms with Gasteiger partial charge in [-0.2, -0.15) is 0 Å². The van der Waals surface area contributed by atoms with Gasteiger partial charge in [-0.15, -0.1) is 11.3 Å². The molecule has 0 saturated heterocycles. The zero-order chi connectivity index (χ0) is 43.9. The van der Waals surface area contributed by atoms with E-state index in [9.17, 15) is 0 Å². The van der Waals surface area contributed by atoms with Crippen LogP contribution in [0.25, 0.3) is 115 Å². The molecule has 0 radical (unpaired) electrons. The van der Waals surface area contributed by atoms with Crippen LogP contribution in [0.5, 0.6) is 0 Å². The van der Waals surface area contributed by atoms with Crippen molar-refractivity contribution in [1.82, 2.24) is 19.5 Å². The first-order chi connectivity index (χ1) is 31.8. The number of aromatic nitrogens is 4. The van der Waals surface area contributed by atoms with Crippen LogP contribution < -0.4 is 0 Å². The molecule has 0 aliphatic carbocycles. The average Bonchev–Trinajstić information content (AvgIpc) is 3.90. The summed E-state index contributed by atoms with van der Waals surface area (Å²) in [4.78, 5) is 15.2. The molecule has 5 heteroatoms. The first-order valence-corrected chi connectivity index (χ1v) is 20.6. The fourth-order valence-corrected chi connectivity index (χ4v) is 9.72. The van der Waals surface area contributed by atoms with E-state index in [1.807, 2.05) is 54.6 Å². The van der Waals surface area contributed by atoms with Crippen molar-refractivity contribution >= 4 is 64.1 Å². The minimum absolute atomic E-state index is 0.0111. The van der Waals surface area contributed by atoms with Gasteiger partial charge in [-0.25, -0.2) is 15.0 Å². The summed E-state index contributed by atoms with van der Waals surface area (Å²) in [5.74, 6) is 0.615. The molecule has 12 aromatic rings. The van der Waals surface area contributed by atoms with Crippen molar-refractivity contribution < 1.29 is 6.85 Å². The van der Waals surface area contributed by atoms with Crippen molar-refractivity contribution in [3.63, 3.8) is 0 Å². The number of para-hydroxylation sites is 2. The third-order valence-electron chi connectivity index (χ3n) is 11.3. The molecule has 0 saturated carbocycles. The van der Waals surface area contributed by atoms with Gasteiger partial charge in [0, 0.05) is 53.3 Å². The molecule has 3 aromatic heterocycles. The average molecular weight is 788 g/mol. The number of nitrogens with zero attached hydrogens (tertiary/aromatic N) is 4. The maximum absolute atomic E-state index is 9.02. The molecule has 0 aliphatic rings. The normalized spacial score (nSPS) is 12.8. The van der Waals surface area contributed by atoms with Crippen LogP contribution in [0.15, 0.2) is 206 Å². The van der Waals surface area contributed by atoms with Gasteiger partial charge in [0.2, 0.25) is 0 Å². The Morgan fingerprint density at radius 1 is 0.400 bits per heavy atom. The van der Waals surface area contributed by atoms with Gasteiger partial charge in [-0.3, -0.25) is 0 Å². The van der Waals surface area contributed by atoms with Gasteiger partial charge >= 0.3 is 0 Å². The highest BCUT2D eigenvalue weighted by Crippen LogP contribution is 2.44. The minimum atomic E-state index is -0.483. The molecule has 4 nitrogen and oxygen atoms in total. The second-order valence-corrected chi connectivity index (χ2v) is 15.9. The van der Waals surface area contributed by atoms with E-state index < -0.39 is 18.1 Å². The molecule has 12 rings (SSSR count). The summed E-state index contributed by atoms with van der Waals surface area (Å²) in [6.45, 7) is 0. The predicted molar refractivity (Wildman–Crippen MR) is 252 cm³/mol. The minimum Gasteiger partial charge on any atom is -0.309 e. The Hall–Kier alpha value is -7.73. The number of hydrogen-bond acceptors (Lipinski definition) is 4. The monoisotopic (exact) mass is 787 g/mol. The summed E-state index contributed by atoms with van der Waals surface area (Å²) in [5, 5.41) is 6.64. The number of rotatable bonds is 6. The van der Waals surface area contributed by atoms with Crippen molar-refractivity contribution in [2.24, 2.45) is 0 Å². The van der Waals surface area contributed by atoms with E-state index in [1.165, 1.54) is 0 Å². The molecule has 0 bridgehead atoms. The molecule has 0 aliphatic heterocycles. The number of fused-ring (bicyclic) bond motifs is 7. The molecule has 0 N–H and O–H groups in total. The van der Waals surface area contributed by atoms with Gasteiger partial charge in [-0.05, 0) is 69.4 Å². The molecule has 0 unspecified atom stereocenters. The summed E-state index contributed by atoms with van der Waals surface area (Å²) in [6.07, 6.45) is 0. The van der Waals surface area contributed by atoms with E-state index in [4.69, 9.17) is 21.8 Å². The number of thiophene rings is 1. The summed E-state index contributed by atoms with van der Waals surface area (Å²) >= 11 is 1.65. The van der Waals surface area contributed by atoms with Gasteiger partial charge in [0.25, 0.3) is 0 Å². The Kier molecular flexibility index (Phi) is 6.87. The topological polar surface area (TPSA) is 43.6 Å². The molecule has 3 heterocycles. The summed E-state index contributed by atoms with van der Waals surface area (Å²) in [5.41, 5.74) is 8.64. The number of hydrogen-bond donors (Lipinski definition) is 0. The summed E-state index contributed by atoms with van der Waals surface area (Å²) in [7, 11) is 0. The highest BCUT2D eigenvalue weighted by Gasteiger charge is 2.21. The quantitative estimate of drug-likeness (QED) is 0.169. The van der Waals surface area contributed by atoms with Gasteiger partial charge in [0.05, 0.1) is 17.9 Å². The van der Waals surface area contributed by atoms with E-state index in [0.29, 0.717) is 17.2 Å². The Balaban J connectivity index is 1.14. The van der Waals surface area contributed by atoms with Crippen LogP contribution in [0.1, 0.15) is 6.85 Å². The first-order valence-electron chi connectivity index (χ1n) is 22.3. The third kappa shape index (κ3) is 5.70. The zero-order valence-electron chi connectivity index (χ0n) is 36.9. The molecule has 0 spiro atoms. The Labute approximate surface area is 357 Å². The second-order valence-electron chi connectivity index (χ2n) is 14.8. The van der Waals surface area contributed by atoms with E-state index in [-0.39, 0.29) is 23.5 Å². The van der Waals surface area contributed by atoms with Gasteiger partial charge in [0.15, 0.2) is 17.5 Å². The van der Waals surface area contributed by atoms with Crippen LogP contribution in [-0.4, -0.2) is 19.5 Å². The van der Waals surface area contributed by atoms with Crippen LogP contribution in [0.3, 0.4) is 0 Å². The van der Waals surface area contributed by atoms with E-state index in [1.54, 1.807) is 11.3 Å². The molecule has 0 atom stereocenters. The lowest BCUT2D eigenvalue weighted by molar-refractivity contribution is 1.07. The van der Waals surface area contributed by atoms with Crippen molar-refractivity contribution in [2.75, 3.05) is 0 Å². The third-order valence-corrected chi connectivity index (χ3v) is 12.6. The Morgan fingerprint density at radius 3 is 1.78 bits per heavy atom. The molecular weight excluding hydrogens is 749 g/mol. The van der Waals surface area contributed by atoms with E-state index >= 15 is 0 Å². The molecule has 9 aromatic carbocycles. The van der Waals surface area contributed by atoms with Crippen LogP contribution in [0.4, 0.5) is 0 Å². The first kappa shape index (κ1) is 29.5. The highest BCUT2D eigenvalue weighted by molar-refractivity contribution is 7.26. The second kappa shape index (κ2) is 14.0. The van der Waals surface area contributed by atoms with Crippen LogP contribution in [-0.2, 0) is 0 Å². The molecule has 0 amide bonds. The maximum atomic E-state index is 9.02. The predicted octanol–water partition coefficient (Wildman–Crippen LogP) is 14.8. The lowest BCUT2D eigenvalue weighted by atomic mass is 9.97. The Morgan fingerprint density at radius 2 is 1.02 bits per heavy atom. The largest absolute Gasteiger partial charge is 0.309 e. The van der Waals surface area contributed by atoms with Crippen LogP contribution >= 0.6 is 11.3 Å². The molecule has 280 valence electrons. The van der Waals surface area contributed by atoms with Crippen LogP contribution in [0.2, 0.25) is 0 Å². The van der Waals surface area contributed by atoms with Crippen molar-refractivity contribution in [1.29, 1.82) is 0 Å². The molecule has 0 fully saturated rings. The summed E-state index contributed by atoms with van der Waals surface area (Å²) in [6, 6.07) is 58.5. The van der Waals surface area contributed by atoms with Gasteiger partial charge in [0.1, 0.15) is 0 Å². The fourth-order valence-electron chi connectivity index (χ4n) is 8.54. The Bertz CT molecular complexity index is 3810. The lowest BCUT2D eigenvalue weighted by Crippen LogP contribution is -2.01. The standard InChI is InChI=1S/C55H34N4S/c1-3-14-35(15-4-1)40-30-31-51-46(32-40)47-33-41(59-49-24-11-9-21-44(49)45-22-10-12-25-50(45)59)34-48(52(47)60-51)55-57-53(38-17-5-2-6-18-38)56-54(58-55)39-28-26-37(27-29-39)43-23-13-19-36-16-7-8-20-42(36)43/h1-34H/i2D,5D,6D,17D,18D. The van der Waals surface area contributed by atoms with Crippen molar-refractivity contribution in [3.8, 4) is 62.1 Å². The van der Waals surface area contributed by atoms with Gasteiger partial charge < -0.3 is 4.57 Å². The lowest BCUT2D eigenvalue weighted by Gasteiger charge is -2.13. The van der Waals surface area contributed by atoms with E-state index in [0.717, 1.165) is 86.3 Å². The maximum Gasteiger partial charge on any atom is 0.165 e. The molecular formula is C55H34N4S. The molecule has 60 heavy (non-hydrogen) atoms. The van der Waals surface area contributed by atoms with Crippen LogP contribution in [0, 0.1) is 0 Å². The summed E-state index contributed by atoms with van der Waals surface area (Å²) < 4.78 is 47.9. The smallest absolute Gasteiger partial charge is 0.165 e. The number of benzene rings is 9.